The molecule has 1 aromatic heterocycles. The van der Waals surface area contributed by atoms with Crippen molar-refractivity contribution in [2.45, 2.75) is 11.8 Å². The molecule has 2 aromatic rings. The summed E-state index contributed by atoms with van der Waals surface area (Å²) in [5, 5.41) is 0. The molecule has 1 aromatic carbocycles. The van der Waals surface area contributed by atoms with Crippen molar-refractivity contribution in [2.24, 2.45) is 0 Å². The first kappa shape index (κ1) is 13.3. The number of hydrogen-bond acceptors (Lipinski definition) is 4. The Morgan fingerprint density at radius 1 is 1.32 bits per heavy atom. The van der Waals surface area contributed by atoms with Crippen molar-refractivity contribution in [1.29, 1.82) is 0 Å². The zero-order chi connectivity index (χ0) is 14.0. The van der Waals surface area contributed by atoms with E-state index in [2.05, 4.69) is 9.71 Å². The van der Waals surface area contributed by atoms with Crippen molar-refractivity contribution in [3.05, 3.63) is 48.0 Å². The highest BCUT2D eigenvalue weighted by atomic mass is 32.2. The Kier molecular flexibility index (Phi) is 3.39. The van der Waals surface area contributed by atoms with Gasteiger partial charge in [-0.05, 0) is 30.7 Å². The van der Waals surface area contributed by atoms with Crippen LogP contribution in [-0.2, 0) is 10.0 Å². The first-order chi connectivity index (χ1) is 8.90. The predicted octanol–water partition coefficient (Wildman–Crippen LogP) is 1.91. The fraction of sp³-hybridized carbons (Fsp3) is 0.0833. The van der Waals surface area contributed by atoms with Gasteiger partial charge in [0.25, 0.3) is 10.0 Å². The van der Waals surface area contributed by atoms with E-state index < -0.39 is 15.8 Å². The number of aromatic nitrogens is 1. The molecular formula is C12H12FN3O2S. The molecule has 2 rings (SSSR count). The maximum absolute atomic E-state index is 13.5. The minimum atomic E-state index is -3.96. The van der Waals surface area contributed by atoms with Gasteiger partial charge in [-0.3, -0.25) is 9.71 Å². The minimum Gasteiger partial charge on any atom is -0.398 e. The zero-order valence-corrected chi connectivity index (χ0v) is 10.9. The molecule has 100 valence electrons. The second-order valence-corrected chi connectivity index (χ2v) is 5.65. The Labute approximate surface area is 110 Å². The summed E-state index contributed by atoms with van der Waals surface area (Å²) in [6.07, 6.45) is 2.49. The number of halogens is 1. The third-order valence-electron chi connectivity index (χ3n) is 2.47. The van der Waals surface area contributed by atoms with E-state index in [0.29, 0.717) is 0 Å². The molecule has 3 N–H and O–H groups in total. The van der Waals surface area contributed by atoms with Crippen LogP contribution in [-0.4, -0.2) is 13.4 Å². The number of rotatable bonds is 3. The van der Waals surface area contributed by atoms with Crippen molar-refractivity contribution in [3.63, 3.8) is 0 Å². The van der Waals surface area contributed by atoms with E-state index in [-0.39, 0.29) is 16.3 Å². The number of hydrogen-bond donors (Lipinski definition) is 2. The van der Waals surface area contributed by atoms with Gasteiger partial charge in [0.05, 0.1) is 11.4 Å². The average molecular weight is 281 g/mol. The van der Waals surface area contributed by atoms with Crippen LogP contribution in [0.4, 0.5) is 15.8 Å². The van der Waals surface area contributed by atoms with Gasteiger partial charge in [0.1, 0.15) is 10.7 Å². The lowest BCUT2D eigenvalue weighted by Gasteiger charge is -2.10. The summed E-state index contributed by atoms with van der Waals surface area (Å²) in [7, 11) is -3.96. The smallest absolute Gasteiger partial charge is 0.265 e. The van der Waals surface area contributed by atoms with E-state index in [1.165, 1.54) is 24.4 Å². The molecule has 7 heteroatoms. The topological polar surface area (TPSA) is 85.1 Å². The largest absolute Gasteiger partial charge is 0.398 e. The standard InChI is InChI=1S/C12H12FN3O2S/c1-8-2-3-9(13)11(6-8)16-19(17,18)12-7-15-5-4-10(12)14/h2-7,16H,1H3,(H2,14,15). The lowest BCUT2D eigenvalue weighted by atomic mass is 10.2. The Hall–Kier alpha value is -2.15. The van der Waals surface area contributed by atoms with E-state index >= 15 is 0 Å². The van der Waals surface area contributed by atoms with Crippen LogP contribution in [0.2, 0.25) is 0 Å². The predicted molar refractivity (Wildman–Crippen MR) is 70.6 cm³/mol. The second kappa shape index (κ2) is 4.85. The monoisotopic (exact) mass is 281 g/mol. The minimum absolute atomic E-state index is 0.0514. The Morgan fingerprint density at radius 2 is 2.05 bits per heavy atom. The Morgan fingerprint density at radius 3 is 2.74 bits per heavy atom. The molecule has 0 amide bonds. The second-order valence-electron chi connectivity index (χ2n) is 4.00. The molecule has 5 nitrogen and oxygen atoms in total. The van der Waals surface area contributed by atoms with Crippen LogP contribution in [0.25, 0.3) is 0 Å². The third kappa shape index (κ3) is 2.82. The number of nitrogen functional groups attached to an aromatic ring is 1. The number of anilines is 2. The molecule has 1 heterocycles. The van der Waals surface area contributed by atoms with E-state index in [4.69, 9.17) is 5.73 Å². The quantitative estimate of drug-likeness (QED) is 0.900. The summed E-state index contributed by atoms with van der Waals surface area (Å²) in [4.78, 5) is 3.52. The van der Waals surface area contributed by atoms with Gasteiger partial charge in [-0.1, -0.05) is 6.07 Å². The van der Waals surface area contributed by atoms with Gasteiger partial charge in [0, 0.05) is 12.4 Å². The fourth-order valence-electron chi connectivity index (χ4n) is 1.53. The number of pyridine rings is 1. The van der Waals surface area contributed by atoms with Gasteiger partial charge in [-0.25, -0.2) is 12.8 Å². The van der Waals surface area contributed by atoms with Gasteiger partial charge in [-0.15, -0.1) is 0 Å². The van der Waals surface area contributed by atoms with Crippen LogP contribution >= 0.6 is 0 Å². The highest BCUT2D eigenvalue weighted by Crippen LogP contribution is 2.22. The SMILES string of the molecule is Cc1ccc(F)c(NS(=O)(=O)c2cnccc2N)c1. The van der Waals surface area contributed by atoms with Crippen LogP contribution in [0.3, 0.4) is 0 Å². The molecular weight excluding hydrogens is 269 g/mol. The lowest BCUT2D eigenvalue weighted by molar-refractivity contribution is 0.598. The number of nitrogens with zero attached hydrogens (tertiary/aromatic N) is 1. The van der Waals surface area contributed by atoms with Crippen molar-refractivity contribution in [2.75, 3.05) is 10.5 Å². The summed E-state index contributed by atoms with van der Waals surface area (Å²) in [6, 6.07) is 5.51. The maximum Gasteiger partial charge on any atom is 0.265 e. The van der Waals surface area contributed by atoms with Gasteiger partial charge in [0.15, 0.2) is 0 Å². The summed E-state index contributed by atoms with van der Waals surface area (Å²) in [5.41, 5.74) is 6.24. The molecule has 0 aliphatic carbocycles. The highest BCUT2D eigenvalue weighted by molar-refractivity contribution is 7.92. The van der Waals surface area contributed by atoms with Crippen molar-refractivity contribution in [3.8, 4) is 0 Å². The molecule has 0 saturated heterocycles. The number of nitrogens with one attached hydrogen (secondary N) is 1. The summed E-state index contributed by atoms with van der Waals surface area (Å²) >= 11 is 0. The highest BCUT2D eigenvalue weighted by Gasteiger charge is 2.19. The zero-order valence-electron chi connectivity index (χ0n) is 10.1. The first-order valence-electron chi connectivity index (χ1n) is 5.38. The van der Waals surface area contributed by atoms with E-state index in [9.17, 15) is 12.8 Å². The van der Waals surface area contributed by atoms with Crippen LogP contribution in [0, 0.1) is 12.7 Å². The van der Waals surface area contributed by atoms with Gasteiger partial charge >= 0.3 is 0 Å². The molecule has 0 aliphatic heterocycles. The van der Waals surface area contributed by atoms with E-state index in [0.717, 1.165) is 11.8 Å². The molecule has 0 bridgehead atoms. The van der Waals surface area contributed by atoms with Crippen molar-refractivity contribution < 1.29 is 12.8 Å². The molecule has 0 fully saturated rings. The molecule has 19 heavy (non-hydrogen) atoms. The number of sulfonamides is 1. The molecule has 0 spiro atoms. The number of aryl methyl sites for hydroxylation is 1. The van der Waals surface area contributed by atoms with Crippen LogP contribution in [0.1, 0.15) is 5.56 Å². The molecule has 0 atom stereocenters. The van der Waals surface area contributed by atoms with Gasteiger partial charge in [-0.2, -0.15) is 0 Å². The van der Waals surface area contributed by atoms with Gasteiger partial charge in [0.2, 0.25) is 0 Å². The molecule has 0 aliphatic rings. The molecule has 0 unspecified atom stereocenters. The van der Waals surface area contributed by atoms with Crippen LogP contribution < -0.4 is 10.5 Å². The van der Waals surface area contributed by atoms with Crippen molar-refractivity contribution >= 4 is 21.4 Å². The number of nitrogens with two attached hydrogens (primary N) is 1. The Bertz CT molecular complexity index is 717. The fourth-order valence-corrected chi connectivity index (χ4v) is 2.67. The molecule has 0 saturated carbocycles. The summed E-state index contributed by atoms with van der Waals surface area (Å²) < 4.78 is 39.9. The summed E-state index contributed by atoms with van der Waals surface area (Å²) in [6.45, 7) is 1.73. The van der Waals surface area contributed by atoms with E-state index in [1.807, 2.05) is 0 Å². The summed E-state index contributed by atoms with van der Waals surface area (Å²) in [5.74, 6) is -0.656. The average Bonchev–Trinajstić information content (AvgIpc) is 2.34. The maximum atomic E-state index is 13.5. The lowest BCUT2D eigenvalue weighted by Crippen LogP contribution is -2.16. The first-order valence-corrected chi connectivity index (χ1v) is 6.87. The van der Waals surface area contributed by atoms with E-state index in [1.54, 1.807) is 13.0 Å². The van der Waals surface area contributed by atoms with Crippen molar-refractivity contribution in [1.82, 2.24) is 4.98 Å². The number of benzene rings is 1. The van der Waals surface area contributed by atoms with Crippen LogP contribution in [0.15, 0.2) is 41.6 Å². The normalized spacial score (nSPS) is 11.3. The van der Waals surface area contributed by atoms with Crippen LogP contribution in [0.5, 0.6) is 0 Å². The molecule has 0 radical (unpaired) electrons. The Balaban J connectivity index is 2.43. The third-order valence-corrected chi connectivity index (χ3v) is 3.88. The van der Waals surface area contributed by atoms with Gasteiger partial charge < -0.3 is 5.73 Å².